The second-order valence-corrected chi connectivity index (χ2v) is 12.5. The summed E-state index contributed by atoms with van der Waals surface area (Å²) < 4.78 is 33.3. The van der Waals surface area contributed by atoms with Crippen LogP contribution in [0.4, 0.5) is 5.69 Å². The minimum Gasteiger partial charge on any atom is -0.413 e. The van der Waals surface area contributed by atoms with E-state index >= 15 is 0 Å². The third-order valence-corrected chi connectivity index (χ3v) is 11.1. The number of nitrogens with one attached hydrogen (secondary N) is 1. The number of benzene rings is 2. The summed E-state index contributed by atoms with van der Waals surface area (Å²) in [5.74, 6) is 0. The number of anilines is 1. The summed E-state index contributed by atoms with van der Waals surface area (Å²) in [5.41, 5.74) is 1.74. The van der Waals surface area contributed by atoms with E-state index < -0.39 is 18.3 Å². The molecule has 3 rings (SSSR count). The van der Waals surface area contributed by atoms with Crippen molar-refractivity contribution >= 4 is 34.8 Å². The van der Waals surface area contributed by atoms with E-state index in [0.29, 0.717) is 17.2 Å². The fraction of sp³-hybridized carbons (Fsp3) is 0.412. The topological polar surface area (TPSA) is 55.4 Å². The number of hydrogen-bond donors (Lipinski definition) is 1. The molecule has 1 N–H and O–H groups in total. The smallest absolute Gasteiger partial charge is 0.262 e. The Hall–Kier alpha value is -1.37. The van der Waals surface area contributed by atoms with Gasteiger partial charge in [0.05, 0.1) is 17.2 Å². The third kappa shape index (κ3) is 2.69. The zero-order chi connectivity index (χ0) is 16.7. The molecule has 2 aromatic rings. The molecule has 0 unspecified atom stereocenters. The van der Waals surface area contributed by atoms with Crippen LogP contribution in [-0.2, 0) is 21.1 Å². The van der Waals surface area contributed by atoms with Gasteiger partial charge in [0.25, 0.3) is 10.0 Å². The van der Waals surface area contributed by atoms with Crippen LogP contribution in [0.1, 0.15) is 26.3 Å². The van der Waals surface area contributed by atoms with Crippen molar-refractivity contribution in [3.8, 4) is 0 Å². The van der Waals surface area contributed by atoms with Gasteiger partial charge in [-0.1, -0.05) is 39.0 Å². The van der Waals surface area contributed by atoms with Crippen molar-refractivity contribution in [2.24, 2.45) is 0 Å². The van der Waals surface area contributed by atoms with Crippen molar-refractivity contribution < 1.29 is 12.8 Å². The van der Waals surface area contributed by atoms with Crippen LogP contribution in [0.3, 0.4) is 0 Å². The van der Waals surface area contributed by atoms with Gasteiger partial charge in [0.2, 0.25) is 0 Å². The molecular weight excluding hydrogens is 326 g/mol. The van der Waals surface area contributed by atoms with Crippen molar-refractivity contribution in [1.82, 2.24) is 0 Å². The monoisotopic (exact) mass is 349 g/mol. The van der Waals surface area contributed by atoms with Crippen molar-refractivity contribution in [3.05, 3.63) is 35.9 Å². The van der Waals surface area contributed by atoms with E-state index in [2.05, 4.69) is 25.5 Å². The first-order valence-corrected chi connectivity index (χ1v) is 12.2. The van der Waals surface area contributed by atoms with Gasteiger partial charge in [0.1, 0.15) is 0 Å². The Balaban J connectivity index is 2.02. The largest absolute Gasteiger partial charge is 0.413 e. The number of sulfonamides is 1. The quantitative estimate of drug-likeness (QED) is 0.783. The molecule has 0 fully saturated rings. The first-order chi connectivity index (χ1) is 11.0. The molecule has 0 amide bonds. The molecule has 0 bridgehead atoms. The van der Waals surface area contributed by atoms with Crippen LogP contribution in [-0.4, -0.2) is 16.7 Å². The lowest BCUT2D eigenvalue weighted by Gasteiger charge is -2.28. The lowest BCUT2D eigenvalue weighted by atomic mass is 10.0. The summed E-state index contributed by atoms with van der Waals surface area (Å²) >= 11 is 0. The van der Waals surface area contributed by atoms with Crippen molar-refractivity contribution in [1.29, 1.82) is 0 Å². The summed E-state index contributed by atoms with van der Waals surface area (Å²) in [7, 11) is -5.08. The fourth-order valence-corrected chi connectivity index (χ4v) is 7.24. The fourth-order valence-electron chi connectivity index (χ4n) is 3.36. The maximum Gasteiger partial charge on any atom is 0.262 e. The van der Waals surface area contributed by atoms with E-state index in [9.17, 15) is 8.42 Å². The average molecular weight is 350 g/mol. The molecule has 0 saturated carbocycles. The van der Waals surface area contributed by atoms with Crippen LogP contribution in [0.15, 0.2) is 35.2 Å². The number of rotatable bonds is 6. The minimum absolute atomic E-state index is 0.372. The van der Waals surface area contributed by atoms with E-state index in [-0.39, 0.29) is 0 Å². The molecule has 2 aromatic carbocycles. The summed E-state index contributed by atoms with van der Waals surface area (Å²) in [4.78, 5) is 0.372. The summed E-state index contributed by atoms with van der Waals surface area (Å²) in [5, 5.41) is 1.77. The van der Waals surface area contributed by atoms with Crippen molar-refractivity contribution in [2.45, 2.75) is 50.4 Å². The second-order valence-electron chi connectivity index (χ2n) is 6.09. The molecule has 4 nitrogen and oxygen atoms in total. The van der Waals surface area contributed by atoms with Gasteiger partial charge >= 0.3 is 0 Å². The van der Waals surface area contributed by atoms with Crippen LogP contribution in [0, 0.1) is 0 Å². The van der Waals surface area contributed by atoms with Gasteiger partial charge in [-0.15, -0.1) is 0 Å². The van der Waals surface area contributed by atoms with Crippen LogP contribution < -0.4 is 4.72 Å². The van der Waals surface area contributed by atoms with E-state index in [1.807, 2.05) is 24.3 Å². The molecular formula is C17H23NO3SSi. The SMILES string of the molecule is CC[Si](CC)(CC)OCc1ccc2c3c(cccc13)NS2(=O)=O. The molecule has 1 heterocycles. The van der Waals surface area contributed by atoms with Crippen LogP contribution in [0.2, 0.25) is 18.1 Å². The van der Waals surface area contributed by atoms with Gasteiger partial charge in [0, 0.05) is 5.39 Å². The van der Waals surface area contributed by atoms with Gasteiger partial charge in [-0.2, -0.15) is 0 Å². The molecule has 124 valence electrons. The van der Waals surface area contributed by atoms with Crippen LogP contribution in [0.25, 0.3) is 10.8 Å². The predicted octanol–water partition coefficient (Wildman–Crippen LogP) is 4.48. The second kappa shape index (κ2) is 5.92. The maximum atomic E-state index is 12.2. The average Bonchev–Trinajstić information content (AvgIpc) is 2.83. The first kappa shape index (κ1) is 16.5. The highest BCUT2D eigenvalue weighted by atomic mass is 32.2. The normalized spacial score (nSPS) is 15.8. The first-order valence-electron chi connectivity index (χ1n) is 8.17. The van der Waals surface area contributed by atoms with E-state index in [1.54, 1.807) is 6.07 Å². The Morgan fingerprint density at radius 2 is 1.74 bits per heavy atom. The van der Waals surface area contributed by atoms with Gasteiger partial charge in [-0.05, 0) is 41.2 Å². The predicted molar refractivity (Wildman–Crippen MR) is 96.7 cm³/mol. The molecule has 1 aliphatic rings. The highest BCUT2D eigenvalue weighted by Crippen LogP contribution is 2.39. The molecule has 1 aliphatic heterocycles. The Morgan fingerprint density at radius 1 is 1.04 bits per heavy atom. The Morgan fingerprint density at radius 3 is 2.39 bits per heavy atom. The Kier molecular flexibility index (Phi) is 4.24. The molecule has 6 heteroatoms. The van der Waals surface area contributed by atoms with Crippen LogP contribution in [0.5, 0.6) is 0 Å². The van der Waals surface area contributed by atoms with Gasteiger partial charge in [-0.25, -0.2) is 8.42 Å². The number of hydrogen-bond acceptors (Lipinski definition) is 3. The highest BCUT2D eigenvalue weighted by molar-refractivity contribution is 7.93. The minimum atomic E-state index is -3.41. The standard InChI is InChI=1S/C17H23NO3SSi/c1-4-23(5-2,6-3)21-12-13-10-11-16-17-14(13)8-7-9-15(17)18-22(16,19)20/h7-11,18H,4-6,12H2,1-3H3. The van der Waals surface area contributed by atoms with E-state index in [4.69, 9.17) is 4.43 Å². The molecule has 0 saturated heterocycles. The maximum absolute atomic E-state index is 12.2. The lowest BCUT2D eigenvalue weighted by Crippen LogP contribution is -2.35. The van der Waals surface area contributed by atoms with E-state index in [1.165, 1.54) is 0 Å². The highest BCUT2D eigenvalue weighted by Gasteiger charge is 2.30. The van der Waals surface area contributed by atoms with Crippen molar-refractivity contribution in [2.75, 3.05) is 4.72 Å². The van der Waals surface area contributed by atoms with Gasteiger partial charge in [0.15, 0.2) is 8.32 Å². The molecule has 0 radical (unpaired) electrons. The lowest BCUT2D eigenvalue weighted by molar-refractivity contribution is 0.289. The van der Waals surface area contributed by atoms with Crippen molar-refractivity contribution in [3.63, 3.8) is 0 Å². The zero-order valence-corrected chi connectivity index (χ0v) is 15.7. The zero-order valence-electron chi connectivity index (χ0n) is 13.8. The summed E-state index contributed by atoms with van der Waals surface area (Å²) in [6.45, 7) is 7.19. The molecule has 0 aliphatic carbocycles. The summed E-state index contributed by atoms with van der Waals surface area (Å²) in [6, 6.07) is 12.6. The van der Waals surface area contributed by atoms with E-state index in [0.717, 1.165) is 34.5 Å². The molecule has 0 atom stereocenters. The van der Waals surface area contributed by atoms with Crippen LogP contribution >= 0.6 is 0 Å². The third-order valence-electron chi connectivity index (χ3n) is 5.09. The molecule has 23 heavy (non-hydrogen) atoms. The van der Waals surface area contributed by atoms with Gasteiger partial charge < -0.3 is 4.43 Å². The summed E-state index contributed by atoms with van der Waals surface area (Å²) in [6.07, 6.45) is 0. The Bertz CT molecular complexity index is 836. The molecule has 0 aromatic heterocycles. The van der Waals surface area contributed by atoms with Gasteiger partial charge in [-0.3, -0.25) is 4.72 Å². The molecule has 0 spiro atoms. The Labute approximate surface area is 139 Å².